The summed E-state index contributed by atoms with van der Waals surface area (Å²) in [5, 5.41) is 3.10. The Labute approximate surface area is 108 Å². The van der Waals surface area contributed by atoms with Crippen LogP contribution < -0.4 is 10.0 Å². The number of hydrogen-bond donors (Lipinski definition) is 2. The van der Waals surface area contributed by atoms with Gasteiger partial charge in [0.25, 0.3) is 0 Å². The highest BCUT2D eigenvalue weighted by Crippen LogP contribution is 2.13. The first-order valence-electron chi connectivity index (χ1n) is 5.86. The molecule has 0 aromatic heterocycles. The fraction of sp³-hybridized carbons (Fsp3) is 0.500. The van der Waals surface area contributed by atoms with Crippen LogP contribution in [0.25, 0.3) is 0 Å². The first kappa shape index (κ1) is 15.1. The summed E-state index contributed by atoms with van der Waals surface area (Å²) in [6.45, 7) is 6.46. The minimum absolute atomic E-state index is 0.0475. The average Bonchev–Trinajstić information content (AvgIpc) is 2.30. The number of likely N-dealkylation sites (N-methyl/N-ethyl adjacent to an activating group) is 1. The topological polar surface area (TPSA) is 58.2 Å². The number of halogens is 1. The van der Waals surface area contributed by atoms with Crippen LogP contribution in [0.3, 0.4) is 0 Å². The molecule has 0 amide bonds. The molecule has 0 radical (unpaired) electrons. The molecule has 18 heavy (non-hydrogen) atoms. The maximum absolute atomic E-state index is 13.1. The van der Waals surface area contributed by atoms with Gasteiger partial charge in [0.1, 0.15) is 5.82 Å². The van der Waals surface area contributed by atoms with Crippen LogP contribution in [0.15, 0.2) is 23.1 Å². The summed E-state index contributed by atoms with van der Waals surface area (Å²) in [5.74, 6) is -0.407. The van der Waals surface area contributed by atoms with Gasteiger partial charge in [0, 0.05) is 12.6 Å². The molecule has 1 rings (SSSR count). The van der Waals surface area contributed by atoms with Crippen LogP contribution in [-0.2, 0) is 10.0 Å². The zero-order valence-corrected chi connectivity index (χ0v) is 11.6. The lowest BCUT2D eigenvalue weighted by Gasteiger charge is -2.13. The highest BCUT2D eigenvalue weighted by atomic mass is 32.2. The predicted octanol–water partition coefficient (Wildman–Crippen LogP) is 1.41. The quantitative estimate of drug-likeness (QED) is 0.824. The molecule has 0 spiro atoms. The van der Waals surface area contributed by atoms with Crippen molar-refractivity contribution < 1.29 is 12.8 Å². The minimum atomic E-state index is -3.57. The minimum Gasteiger partial charge on any atom is -0.313 e. The first-order valence-corrected chi connectivity index (χ1v) is 7.34. The zero-order valence-electron chi connectivity index (χ0n) is 10.8. The Hall–Kier alpha value is -0.980. The second kappa shape index (κ2) is 6.26. The summed E-state index contributed by atoms with van der Waals surface area (Å²) in [4.78, 5) is 0.0881. The fourth-order valence-corrected chi connectivity index (χ4v) is 2.74. The van der Waals surface area contributed by atoms with Gasteiger partial charge in [-0.15, -0.1) is 0 Å². The number of nitrogens with one attached hydrogen (secondary N) is 2. The number of hydrogen-bond acceptors (Lipinski definition) is 3. The van der Waals surface area contributed by atoms with Gasteiger partial charge in [-0.3, -0.25) is 0 Å². The lowest BCUT2D eigenvalue weighted by molar-refractivity contribution is 0.536. The average molecular weight is 274 g/mol. The zero-order chi connectivity index (χ0) is 13.8. The van der Waals surface area contributed by atoms with Crippen LogP contribution in [0.1, 0.15) is 19.4 Å². The monoisotopic (exact) mass is 274 g/mol. The van der Waals surface area contributed by atoms with E-state index < -0.39 is 15.8 Å². The molecule has 2 N–H and O–H groups in total. The molecule has 1 aromatic rings. The van der Waals surface area contributed by atoms with Crippen molar-refractivity contribution in [2.75, 3.05) is 13.1 Å². The van der Waals surface area contributed by atoms with Gasteiger partial charge in [0.05, 0.1) is 4.90 Å². The van der Waals surface area contributed by atoms with E-state index in [0.29, 0.717) is 12.1 Å². The molecule has 0 aliphatic carbocycles. The van der Waals surface area contributed by atoms with Crippen LogP contribution in [0.2, 0.25) is 0 Å². The van der Waals surface area contributed by atoms with E-state index in [1.807, 2.05) is 13.8 Å². The molecule has 0 aliphatic heterocycles. The third kappa shape index (κ3) is 4.04. The first-order chi connectivity index (χ1) is 8.36. The number of aryl methyl sites for hydroxylation is 1. The van der Waals surface area contributed by atoms with Crippen LogP contribution in [-0.4, -0.2) is 27.5 Å². The second-order valence-electron chi connectivity index (χ2n) is 4.22. The van der Waals surface area contributed by atoms with Crippen molar-refractivity contribution in [1.82, 2.24) is 10.0 Å². The molecule has 0 unspecified atom stereocenters. The van der Waals surface area contributed by atoms with E-state index in [-0.39, 0.29) is 10.9 Å². The smallest absolute Gasteiger partial charge is 0.240 e. The molecule has 0 bridgehead atoms. The van der Waals surface area contributed by atoms with Crippen molar-refractivity contribution >= 4 is 10.0 Å². The molecular formula is C12H19FN2O2S. The van der Waals surface area contributed by atoms with Crippen molar-refractivity contribution in [2.45, 2.75) is 31.7 Å². The van der Waals surface area contributed by atoms with E-state index in [2.05, 4.69) is 10.0 Å². The summed E-state index contributed by atoms with van der Waals surface area (Å²) >= 11 is 0. The maximum atomic E-state index is 13.1. The van der Waals surface area contributed by atoms with Crippen molar-refractivity contribution in [3.8, 4) is 0 Å². The van der Waals surface area contributed by atoms with Crippen LogP contribution in [0.4, 0.5) is 4.39 Å². The van der Waals surface area contributed by atoms with Gasteiger partial charge in [0.15, 0.2) is 0 Å². The number of sulfonamides is 1. The molecule has 0 saturated heterocycles. The van der Waals surface area contributed by atoms with E-state index >= 15 is 0 Å². The van der Waals surface area contributed by atoms with Gasteiger partial charge in [-0.2, -0.15) is 0 Å². The summed E-state index contributed by atoms with van der Waals surface area (Å²) in [6.07, 6.45) is 0. The van der Waals surface area contributed by atoms with E-state index in [1.165, 1.54) is 19.1 Å². The van der Waals surface area contributed by atoms with Gasteiger partial charge in [0.2, 0.25) is 10.0 Å². The van der Waals surface area contributed by atoms with Crippen molar-refractivity contribution in [2.24, 2.45) is 0 Å². The molecule has 0 heterocycles. The normalized spacial score (nSPS) is 13.6. The molecule has 6 heteroatoms. The molecule has 4 nitrogen and oxygen atoms in total. The van der Waals surface area contributed by atoms with E-state index in [0.717, 1.165) is 12.6 Å². The summed E-state index contributed by atoms with van der Waals surface area (Å²) in [7, 11) is -3.57. The third-order valence-corrected chi connectivity index (χ3v) is 3.99. The Morgan fingerprint density at radius 3 is 2.61 bits per heavy atom. The lowest BCUT2D eigenvalue weighted by atomic mass is 10.2. The van der Waals surface area contributed by atoms with Crippen molar-refractivity contribution in [1.29, 1.82) is 0 Å². The summed E-state index contributed by atoms with van der Waals surface area (Å²) in [6, 6.07) is 3.81. The largest absolute Gasteiger partial charge is 0.313 e. The van der Waals surface area contributed by atoms with Gasteiger partial charge in [-0.25, -0.2) is 17.5 Å². The highest BCUT2D eigenvalue weighted by molar-refractivity contribution is 7.89. The molecular weight excluding hydrogens is 255 g/mol. The van der Waals surface area contributed by atoms with E-state index in [4.69, 9.17) is 0 Å². The highest BCUT2D eigenvalue weighted by Gasteiger charge is 2.15. The summed E-state index contributed by atoms with van der Waals surface area (Å²) in [5.41, 5.74) is 0.317. The molecule has 0 fully saturated rings. The van der Waals surface area contributed by atoms with Crippen LogP contribution in [0.5, 0.6) is 0 Å². The Balaban J connectivity index is 2.77. The van der Waals surface area contributed by atoms with E-state index in [1.54, 1.807) is 0 Å². The van der Waals surface area contributed by atoms with E-state index in [9.17, 15) is 12.8 Å². The summed E-state index contributed by atoms with van der Waals surface area (Å²) < 4.78 is 39.5. The fourth-order valence-electron chi connectivity index (χ4n) is 1.52. The lowest BCUT2D eigenvalue weighted by Crippen LogP contribution is -2.38. The molecule has 102 valence electrons. The van der Waals surface area contributed by atoms with Gasteiger partial charge in [-0.05, 0) is 44.2 Å². The second-order valence-corrected chi connectivity index (χ2v) is 5.99. The van der Waals surface area contributed by atoms with Gasteiger partial charge < -0.3 is 5.32 Å². The van der Waals surface area contributed by atoms with Crippen LogP contribution >= 0.6 is 0 Å². The molecule has 1 atom stereocenters. The standard InChI is InChI=1S/C12H19FN2O2S/c1-4-14-10(3)8-15-18(16,17)11-5-6-12(13)9(2)7-11/h5-7,10,14-15H,4,8H2,1-3H3/t10-/m1/s1. The Bertz CT molecular complexity index is 503. The van der Waals surface area contributed by atoms with Crippen LogP contribution in [0, 0.1) is 12.7 Å². The third-order valence-electron chi connectivity index (χ3n) is 2.57. The number of benzene rings is 1. The van der Waals surface area contributed by atoms with Gasteiger partial charge >= 0.3 is 0 Å². The Morgan fingerprint density at radius 1 is 1.39 bits per heavy atom. The van der Waals surface area contributed by atoms with Crippen molar-refractivity contribution in [3.05, 3.63) is 29.6 Å². The SMILES string of the molecule is CCN[C@H](C)CNS(=O)(=O)c1ccc(F)c(C)c1. The molecule has 1 aromatic carbocycles. The molecule has 0 aliphatic rings. The van der Waals surface area contributed by atoms with Crippen molar-refractivity contribution in [3.63, 3.8) is 0 Å². The predicted molar refractivity (Wildman–Crippen MR) is 69.5 cm³/mol. The Kier molecular flexibility index (Phi) is 5.25. The maximum Gasteiger partial charge on any atom is 0.240 e. The number of rotatable bonds is 6. The Morgan fingerprint density at radius 2 is 2.06 bits per heavy atom. The molecule has 0 saturated carbocycles. The van der Waals surface area contributed by atoms with Gasteiger partial charge in [-0.1, -0.05) is 6.92 Å².